The maximum atomic E-state index is 11.8. The smallest absolute Gasteiger partial charge is 0.332 e. The van der Waals surface area contributed by atoms with E-state index in [1.807, 2.05) is 0 Å². The predicted octanol–water partition coefficient (Wildman–Crippen LogP) is -0.215. The number of aliphatic carboxylic acids is 1. The van der Waals surface area contributed by atoms with Crippen LogP contribution in [0.25, 0.3) is 0 Å². The number of likely N-dealkylation sites (tertiary alicyclic amines) is 1. The number of rotatable bonds is 3. The average molecular weight is 272 g/mol. The van der Waals surface area contributed by atoms with Crippen LogP contribution in [-0.4, -0.2) is 65.1 Å². The normalized spacial score (nSPS) is 28.4. The van der Waals surface area contributed by atoms with Gasteiger partial charge in [-0.15, -0.1) is 0 Å². The van der Waals surface area contributed by atoms with E-state index in [1.165, 1.54) is 0 Å². The topological polar surface area (TPSA) is 99.1 Å². The van der Waals surface area contributed by atoms with Crippen molar-refractivity contribution in [2.45, 2.75) is 44.0 Å². The molecule has 0 aromatic carbocycles. The molecule has 2 aliphatic heterocycles. The highest BCUT2D eigenvalue weighted by molar-refractivity contribution is 5.74. The number of aliphatic hydroxyl groups is 1. The number of hydrogen-bond acceptors (Lipinski definition) is 4. The molecule has 2 heterocycles. The minimum Gasteiger partial charge on any atom is -0.479 e. The number of urea groups is 1. The number of ether oxygens (including phenoxy) is 1. The summed E-state index contributed by atoms with van der Waals surface area (Å²) in [4.78, 5) is 24.2. The third-order valence-electron chi connectivity index (χ3n) is 3.62. The number of piperidine rings is 1. The Morgan fingerprint density at radius 3 is 2.47 bits per heavy atom. The van der Waals surface area contributed by atoms with E-state index in [4.69, 9.17) is 9.84 Å². The van der Waals surface area contributed by atoms with E-state index in [1.54, 1.807) is 4.90 Å². The fourth-order valence-corrected chi connectivity index (χ4v) is 2.42. The van der Waals surface area contributed by atoms with Gasteiger partial charge in [0.1, 0.15) is 0 Å². The molecular formula is C12H20N2O5. The molecule has 0 spiro atoms. The maximum Gasteiger partial charge on any atom is 0.332 e. The van der Waals surface area contributed by atoms with Crippen LogP contribution in [0.3, 0.4) is 0 Å². The number of hydrogen-bond donors (Lipinski definition) is 3. The van der Waals surface area contributed by atoms with Crippen molar-refractivity contribution in [2.75, 3.05) is 19.6 Å². The first kappa shape index (κ1) is 14.1. The van der Waals surface area contributed by atoms with Crippen LogP contribution in [-0.2, 0) is 9.53 Å². The monoisotopic (exact) mass is 272 g/mol. The Morgan fingerprint density at radius 1 is 1.21 bits per heavy atom. The van der Waals surface area contributed by atoms with Crippen molar-refractivity contribution >= 4 is 12.0 Å². The molecule has 2 amide bonds. The molecule has 19 heavy (non-hydrogen) atoms. The second-order valence-electron chi connectivity index (χ2n) is 5.07. The van der Waals surface area contributed by atoms with E-state index in [0.717, 1.165) is 0 Å². The van der Waals surface area contributed by atoms with Crippen LogP contribution < -0.4 is 5.32 Å². The van der Waals surface area contributed by atoms with Crippen LogP contribution in [0.4, 0.5) is 4.79 Å². The molecule has 108 valence electrons. The van der Waals surface area contributed by atoms with Crippen LogP contribution in [0.5, 0.6) is 0 Å². The van der Waals surface area contributed by atoms with Gasteiger partial charge in [0.25, 0.3) is 0 Å². The number of carboxylic acid groups (broad SMARTS) is 1. The number of nitrogens with one attached hydrogen (secondary N) is 1. The fraction of sp³-hybridized carbons (Fsp3) is 0.833. The standard InChI is InChI=1S/C12H20N2O5/c15-8-3-5-14(6-4-8)12(18)13-7-9-1-2-10(19-9)11(16)17/h8-10,15H,1-7H2,(H,13,18)(H,16,17). The number of carbonyl (C=O) groups is 2. The van der Waals surface area contributed by atoms with Gasteiger partial charge in [0.2, 0.25) is 0 Å². The third kappa shape index (κ3) is 3.81. The van der Waals surface area contributed by atoms with Gasteiger partial charge in [-0.3, -0.25) is 0 Å². The number of aliphatic hydroxyl groups excluding tert-OH is 1. The van der Waals surface area contributed by atoms with E-state index >= 15 is 0 Å². The van der Waals surface area contributed by atoms with Gasteiger partial charge in [-0.2, -0.15) is 0 Å². The van der Waals surface area contributed by atoms with Gasteiger partial charge in [0, 0.05) is 19.6 Å². The summed E-state index contributed by atoms with van der Waals surface area (Å²) in [5, 5.41) is 20.9. The minimum absolute atomic E-state index is 0.172. The first-order valence-electron chi connectivity index (χ1n) is 6.65. The highest BCUT2D eigenvalue weighted by Crippen LogP contribution is 2.19. The van der Waals surface area contributed by atoms with E-state index in [9.17, 15) is 14.7 Å². The number of carboxylic acids is 1. The number of nitrogens with zero attached hydrogens (tertiary/aromatic N) is 1. The molecule has 2 rings (SSSR count). The zero-order valence-corrected chi connectivity index (χ0v) is 10.7. The first-order valence-corrected chi connectivity index (χ1v) is 6.65. The summed E-state index contributed by atoms with van der Waals surface area (Å²) in [6.07, 6.45) is 1.08. The van der Waals surface area contributed by atoms with Crippen molar-refractivity contribution in [3.05, 3.63) is 0 Å². The summed E-state index contributed by atoms with van der Waals surface area (Å²) >= 11 is 0. The molecule has 2 atom stereocenters. The van der Waals surface area contributed by atoms with Crippen LogP contribution in [0.15, 0.2) is 0 Å². The van der Waals surface area contributed by atoms with Gasteiger partial charge >= 0.3 is 12.0 Å². The summed E-state index contributed by atoms with van der Waals surface area (Å²) in [7, 11) is 0. The molecule has 2 unspecified atom stereocenters. The second-order valence-corrected chi connectivity index (χ2v) is 5.07. The van der Waals surface area contributed by atoms with E-state index in [-0.39, 0.29) is 18.2 Å². The molecule has 2 fully saturated rings. The molecule has 0 aromatic rings. The van der Waals surface area contributed by atoms with Crippen LogP contribution in [0.1, 0.15) is 25.7 Å². The van der Waals surface area contributed by atoms with Crippen LogP contribution in [0, 0.1) is 0 Å². The molecule has 0 aromatic heterocycles. The molecule has 2 aliphatic rings. The van der Waals surface area contributed by atoms with Gasteiger partial charge < -0.3 is 25.2 Å². The van der Waals surface area contributed by atoms with Crippen molar-refractivity contribution < 1.29 is 24.5 Å². The van der Waals surface area contributed by atoms with E-state index in [2.05, 4.69) is 5.32 Å². The molecule has 3 N–H and O–H groups in total. The summed E-state index contributed by atoms with van der Waals surface area (Å²) in [6, 6.07) is -0.172. The summed E-state index contributed by atoms with van der Waals surface area (Å²) in [5.41, 5.74) is 0. The number of amides is 2. The lowest BCUT2D eigenvalue weighted by Gasteiger charge is -2.30. The Hall–Kier alpha value is -1.34. The number of carbonyl (C=O) groups excluding carboxylic acids is 1. The lowest BCUT2D eigenvalue weighted by molar-refractivity contribution is -0.149. The zero-order valence-electron chi connectivity index (χ0n) is 10.7. The summed E-state index contributed by atoms with van der Waals surface area (Å²) in [5.74, 6) is -0.946. The van der Waals surface area contributed by atoms with Crippen LogP contribution >= 0.6 is 0 Å². The predicted molar refractivity (Wildman–Crippen MR) is 65.7 cm³/mol. The van der Waals surface area contributed by atoms with Crippen molar-refractivity contribution in [1.29, 1.82) is 0 Å². The van der Waals surface area contributed by atoms with Gasteiger partial charge in [0.05, 0.1) is 12.2 Å². The quantitative estimate of drug-likeness (QED) is 0.660. The molecule has 2 saturated heterocycles. The molecule has 7 nitrogen and oxygen atoms in total. The van der Waals surface area contributed by atoms with Gasteiger partial charge in [-0.05, 0) is 25.7 Å². The largest absolute Gasteiger partial charge is 0.479 e. The van der Waals surface area contributed by atoms with Crippen molar-refractivity contribution in [3.8, 4) is 0 Å². The Bertz CT molecular complexity index is 341. The average Bonchev–Trinajstić information content (AvgIpc) is 2.86. The van der Waals surface area contributed by atoms with Crippen molar-refractivity contribution in [2.24, 2.45) is 0 Å². The molecule has 0 radical (unpaired) electrons. The van der Waals surface area contributed by atoms with E-state index < -0.39 is 12.1 Å². The second kappa shape index (κ2) is 6.21. The Kier molecular flexibility index (Phi) is 4.60. The van der Waals surface area contributed by atoms with Crippen molar-refractivity contribution in [1.82, 2.24) is 10.2 Å². The van der Waals surface area contributed by atoms with Crippen molar-refractivity contribution in [3.63, 3.8) is 0 Å². The Morgan fingerprint density at radius 2 is 1.89 bits per heavy atom. The summed E-state index contributed by atoms with van der Waals surface area (Å²) < 4.78 is 5.30. The first-order chi connectivity index (χ1) is 9.06. The Labute approximate surface area is 111 Å². The van der Waals surface area contributed by atoms with Gasteiger partial charge in [-0.1, -0.05) is 0 Å². The van der Waals surface area contributed by atoms with Gasteiger partial charge in [-0.25, -0.2) is 9.59 Å². The lowest BCUT2D eigenvalue weighted by Crippen LogP contribution is -2.47. The molecule has 0 aliphatic carbocycles. The maximum absolute atomic E-state index is 11.8. The molecular weight excluding hydrogens is 252 g/mol. The molecule has 7 heteroatoms. The highest BCUT2D eigenvalue weighted by Gasteiger charge is 2.31. The SMILES string of the molecule is O=C(O)C1CCC(CNC(=O)N2CCC(O)CC2)O1. The summed E-state index contributed by atoms with van der Waals surface area (Å²) in [6.45, 7) is 1.44. The molecule has 0 saturated carbocycles. The minimum atomic E-state index is -0.946. The Balaban J connectivity index is 1.68. The van der Waals surface area contributed by atoms with E-state index in [0.29, 0.717) is 45.3 Å². The highest BCUT2D eigenvalue weighted by atomic mass is 16.5. The van der Waals surface area contributed by atoms with Gasteiger partial charge in [0.15, 0.2) is 6.10 Å². The third-order valence-corrected chi connectivity index (χ3v) is 3.62. The molecule has 0 bridgehead atoms. The lowest BCUT2D eigenvalue weighted by atomic mass is 10.1. The van der Waals surface area contributed by atoms with Crippen LogP contribution in [0.2, 0.25) is 0 Å². The fourth-order valence-electron chi connectivity index (χ4n) is 2.42. The zero-order chi connectivity index (χ0) is 13.8.